The average Bonchev–Trinajstić information content (AvgIpc) is 2.70. The SMILES string of the molecule is N#Cc1cccc(O)c1-n1ccnn1. The zero-order valence-electron chi connectivity index (χ0n) is 7.12. The van der Waals surface area contributed by atoms with Gasteiger partial charge in [-0.1, -0.05) is 11.3 Å². The molecule has 0 fully saturated rings. The smallest absolute Gasteiger partial charge is 0.142 e. The van der Waals surface area contributed by atoms with E-state index >= 15 is 0 Å². The van der Waals surface area contributed by atoms with E-state index in [-0.39, 0.29) is 5.75 Å². The van der Waals surface area contributed by atoms with Crippen LogP contribution in [0, 0.1) is 11.3 Å². The van der Waals surface area contributed by atoms with E-state index in [1.807, 2.05) is 6.07 Å². The molecule has 0 saturated heterocycles. The van der Waals surface area contributed by atoms with Gasteiger partial charge < -0.3 is 5.11 Å². The highest BCUT2D eigenvalue weighted by Gasteiger charge is 2.09. The van der Waals surface area contributed by atoms with Gasteiger partial charge in [0, 0.05) is 0 Å². The first-order valence-corrected chi connectivity index (χ1v) is 3.91. The number of phenols is 1. The highest BCUT2D eigenvalue weighted by molar-refractivity contribution is 5.56. The molecule has 0 aliphatic heterocycles. The largest absolute Gasteiger partial charge is 0.506 e. The number of hydrogen-bond acceptors (Lipinski definition) is 4. The van der Waals surface area contributed by atoms with E-state index in [9.17, 15) is 5.11 Å². The second kappa shape index (κ2) is 3.18. The van der Waals surface area contributed by atoms with Gasteiger partial charge in [-0.15, -0.1) is 5.10 Å². The third kappa shape index (κ3) is 1.19. The van der Waals surface area contributed by atoms with Crippen LogP contribution in [0.25, 0.3) is 5.69 Å². The molecule has 14 heavy (non-hydrogen) atoms. The summed E-state index contributed by atoms with van der Waals surface area (Å²) in [5.74, 6) is 0.00884. The Labute approximate surface area is 79.8 Å². The van der Waals surface area contributed by atoms with E-state index in [4.69, 9.17) is 5.26 Å². The Kier molecular flexibility index (Phi) is 1.88. The summed E-state index contributed by atoms with van der Waals surface area (Å²) in [6.07, 6.45) is 3.05. The minimum absolute atomic E-state index is 0.00884. The number of nitrogens with zero attached hydrogens (tertiary/aromatic N) is 4. The number of rotatable bonds is 1. The van der Waals surface area contributed by atoms with E-state index in [2.05, 4.69) is 10.3 Å². The van der Waals surface area contributed by atoms with Crippen molar-refractivity contribution in [2.24, 2.45) is 0 Å². The van der Waals surface area contributed by atoms with Crippen molar-refractivity contribution in [1.29, 1.82) is 5.26 Å². The Morgan fingerprint density at radius 2 is 2.29 bits per heavy atom. The van der Waals surface area contributed by atoms with Gasteiger partial charge in [-0.05, 0) is 12.1 Å². The minimum atomic E-state index is 0.00884. The van der Waals surface area contributed by atoms with E-state index in [1.54, 1.807) is 18.3 Å². The van der Waals surface area contributed by atoms with Crippen LogP contribution >= 0.6 is 0 Å². The number of aromatic nitrogens is 3. The fourth-order valence-electron chi connectivity index (χ4n) is 1.19. The van der Waals surface area contributed by atoms with Gasteiger partial charge in [0.2, 0.25) is 0 Å². The van der Waals surface area contributed by atoms with Crippen LogP contribution in [0.1, 0.15) is 5.56 Å². The molecular formula is C9H6N4O. The van der Waals surface area contributed by atoms with E-state index < -0.39 is 0 Å². The molecule has 1 aromatic carbocycles. The van der Waals surface area contributed by atoms with Crippen molar-refractivity contribution in [2.45, 2.75) is 0 Å². The highest BCUT2D eigenvalue weighted by atomic mass is 16.3. The molecule has 0 unspecified atom stereocenters. The molecule has 0 spiro atoms. The van der Waals surface area contributed by atoms with Gasteiger partial charge in [-0.2, -0.15) is 5.26 Å². The lowest BCUT2D eigenvalue weighted by Crippen LogP contribution is -1.98. The van der Waals surface area contributed by atoms with Gasteiger partial charge >= 0.3 is 0 Å². The molecule has 0 bridgehead atoms. The van der Waals surface area contributed by atoms with E-state index in [0.29, 0.717) is 11.3 Å². The maximum absolute atomic E-state index is 9.55. The van der Waals surface area contributed by atoms with E-state index in [1.165, 1.54) is 16.9 Å². The summed E-state index contributed by atoms with van der Waals surface area (Å²) in [6, 6.07) is 6.69. The maximum Gasteiger partial charge on any atom is 0.142 e. The molecule has 0 aliphatic carbocycles. The molecule has 0 atom stereocenters. The van der Waals surface area contributed by atoms with Gasteiger partial charge in [0.1, 0.15) is 17.5 Å². The topological polar surface area (TPSA) is 74.7 Å². The fraction of sp³-hybridized carbons (Fsp3) is 0. The van der Waals surface area contributed by atoms with Crippen LogP contribution < -0.4 is 0 Å². The molecule has 68 valence electrons. The summed E-state index contributed by atoms with van der Waals surface area (Å²) in [5, 5.41) is 25.7. The van der Waals surface area contributed by atoms with Crippen molar-refractivity contribution in [3.8, 4) is 17.5 Å². The highest BCUT2D eigenvalue weighted by Crippen LogP contribution is 2.23. The normalized spacial score (nSPS) is 9.64. The lowest BCUT2D eigenvalue weighted by atomic mass is 10.2. The first-order chi connectivity index (χ1) is 6.83. The molecule has 1 heterocycles. The Hall–Kier alpha value is -2.35. The van der Waals surface area contributed by atoms with Crippen LogP contribution in [0.15, 0.2) is 30.6 Å². The van der Waals surface area contributed by atoms with Crippen LogP contribution in [-0.4, -0.2) is 20.1 Å². The fourth-order valence-corrected chi connectivity index (χ4v) is 1.19. The van der Waals surface area contributed by atoms with Gasteiger partial charge in [-0.25, -0.2) is 4.68 Å². The molecule has 0 amide bonds. The molecule has 5 heteroatoms. The summed E-state index contributed by atoms with van der Waals surface area (Å²) in [7, 11) is 0. The number of hydrogen-bond donors (Lipinski definition) is 1. The number of aromatic hydroxyl groups is 1. The molecule has 2 aromatic rings. The molecule has 1 aromatic heterocycles. The predicted molar refractivity (Wildman–Crippen MR) is 47.7 cm³/mol. The van der Waals surface area contributed by atoms with E-state index in [0.717, 1.165) is 0 Å². The standard InChI is InChI=1S/C9H6N4O/c10-6-7-2-1-3-8(14)9(7)13-5-4-11-12-13/h1-5,14H. The second-order valence-corrected chi connectivity index (χ2v) is 2.63. The average molecular weight is 186 g/mol. The molecular weight excluding hydrogens is 180 g/mol. The van der Waals surface area contributed by atoms with Crippen molar-refractivity contribution in [1.82, 2.24) is 15.0 Å². The lowest BCUT2D eigenvalue weighted by molar-refractivity contribution is 0.469. The molecule has 0 radical (unpaired) electrons. The maximum atomic E-state index is 9.55. The summed E-state index contributed by atoms with van der Waals surface area (Å²) in [4.78, 5) is 0. The van der Waals surface area contributed by atoms with Crippen molar-refractivity contribution < 1.29 is 5.11 Å². The van der Waals surface area contributed by atoms with Crippen LogP contribution in [0.3, 0.4) is 0 Å². The zero-order chi connectivity index (χ0) is 9.97. The van der Waals surface area contributed by atoms with Gasteiger partial charge in [0.25, 0.3) is 0 Å². The monoisotopic (exact) mass is 186 g/mol. The first kappa shape index (κ1) is 8.26. The quantitative estimate of drug-likeness (QED) is 0.716. The number of para-hydroxylation sites is 1. The number of nitriles is 1. The summed E-state index contributed by atoms with van der Waals surface area (Å²) < 4.78 is 1.36. The molecule has 5 nitrogen and oxygen atoms in total. The second-order valence-electron chi connectivity index (χ2n) is 2.63. The number of benzene rings is 1. The van der Waals surface area contributed by atoms with Crippen LogP contribution in [0.5, 0.6) is 5.75 Å². The molecule has 2 rings (SSSR count). The number of phenolic OH excluding ortho intramolecular Hbond substituents is 1. The van der Waals surface area contributed by atoms with Crippen molar-refractivity contribution in [3.63, 3.8) is 0 Å². The molecule has 0 saturated carbocycles. The van der Waals surface area contributed by atoms with Crippen LogP contribution in [0.4, 0.5) is 0 Å². The van der Waals surface area contributed by atoms with Crippen LogP contribution in [-0.2, 0) is 0 Å². The third-order valence-corrected chi connectivity index (χ3v) is 1.79. The molecule has 0 aliphatic rings. The van der Waals surface area contributed by atoms with Crippen molar-refractivity contribution >= 4 is 0 Å². The Balaban J connectivity index is 2.69. The summed E-state index contributed by atoms with van der Waals surface area (Å²) >= 11 is 0. The van der Waals surface area contributed by atoms with Gasteiger partial charge in [0.05, 0.1) is 18.0 Å². The predicted octanol–water partition coefficient (Wildman–Crippen LogP) is 0.845. The van der Waals surface area contributed by atoms with Gasteiger partial charge in [-0.3, -0.25) is 0 Å². The minimum Gasteiger partial charge on any atom is -0.506 e. The third-order valence-electron chi connectivity index (χ3n) is 1.79. The summed E-state index contributed by atoms with van der Waals surface area (Å²) in [5.41, 5.74) is 0.711. The Morgan fingerprint density at radius 1 is 1.43 bits per heavy atom. The first-order valence-electron chi connectivity index (χ1n) is 3.91. The van der Waals surface area contributed by atoms with Crippen LogP contribution in [0.2, 0.25) is 0 Å². The van der Waals surface area contributed by atoms with Crippen molar-refractivity contribution in [3.05, 3.63) is 36.2 Å². The molecule has 1 N–H and O–H groups in total. The summed E-state index contributed by atoms with van der Waals surface area (Å²) in [6.45, 7) is 0. The lowest BCUT2D eigenvalue weighted by Gasteiger charge is -2.04. The van der Waals surface area contributed by atoms with Crippen molar-refractivity contribution in [2.75, 3.05) is 0 Å². The van der Waals surface area contributed by atoms with Gasteiger partial charge in [0.15, 0.2) is 0 Å². The Morgan fingerprint density at radius 3 is 2.93 bits per heavy atom. The zero-order valence-corrected chi connectivity index (χ0v) is 7.12. The Bertz CT molecular complexity index is 484.